The zero-order chi connectivity index (χ0) is 14.8. The molecule has 110 valence electrons. The number of benzene rings is 1. The quantitative estimate of drug-likeness (QED) is 0.757. The van der Waals surface area contributed by atoms with E-state index in [4.69, 9.17) is 15.1 Å². The van der Waals surface area contributed by atoms with Crippen molar-refractivity contribution in [3.8, 4) is 0 Å². The summed E-state index contributed by atoms with van der Waals surface area (Å²) in [5.41, 5.74) is 9.49. The molecule has 0 saturated carbocycles. The number of nitrogens with zero attached hydrogens (tertiary/aromatic N) is 2. The Balaban J connectivity index is 1.96. The van der Waals surface area contributed by atoms with Gasteiger partial charge in [-0.25, -0.2) is 4.98 Å². The first-order valence-electron chi connectivity index (χ1n) is 7.13. The van der Waals surface area contributed by atoms with E-state index in [1.165, 1.54) is 5.52 Å². The number of hydrogen-bond acceptors (Lipinski definition) is 3. The van der Waals surface area contributed by atoms with Gasteiger partial charge >= 0.3 is 0 Å². The normalized spacial score (nSPS) is 12.9. The number of hydrogen-bond donors (Lipinski definition) is 1. The summed E-state index contributed by atoms with van der Waals surface area (Å²) < 4.78 is 8.24. The minimum Gasteiger partial charge on any atom is -0.457 e. The summed E-state index contributed by atoms with van der Waals surface area (Å²) in [6, 6.07) is 9.99. The van der Waals surface area contributed by atoms with Gasteiger partial charge in [0.25, 0.3) is 0 Å². The maximum Gasteiger partial charge on any atom is 0.173 e. The fourth-order valence-corrected chi connectivity index (χ4v) is 3.17. The van der Waals surface area contributed by atoms with Gasteiger partial charge in [0.1, 0.15) is 5.82 Å². The van der Waals surface area contributed by atoms with Gasteiger partial charge in [-0.2, -0.15) is 0 Å². The molecule has 3 rings (SSSR count). The zero-order valence-corrected chi connectivity index (χ0v) is 13.5. The average molecular weight is 348 g/mol. The Morgan fingerprint density at radius 3 is 2.86 bits per heavy atom. The minimum absolute atomic E-state index is 0.134. The van der Waals surface area contributed by atoms with Crippen molar-refractivity contribution in [3.63, 3.8) is 0 Å². The van der Waals surface area contributed by atoms with Crippen LogP contribution < -0.4 is 5.73 Å². The first-order valence-corrected chi connectivity index (χ1v) is 7.92. The van der Waals surface area contributed by atoms with Crippen molar-refractivity contribution >= 4 is 27.0 Å². The summed E-state index contributed by atoms with van der Waals surface area (Å²) in [6.45, 7) is 3.13. The van der Waals surface area contributed by atoms with E-state index < -0.39 is 0 Å². The van der Waals surface area contributed by atoms with E-state index >= 15 is 0 Å². The van der Waals surface area contributed by atoms with Gasteiger partial charge in [0.05, 0.1) is 17.3 Å². The maximum absolute atomic E-state index is 6.32. The molecule has 4 nitrogen and oxygen atoms in total. The summed E-state index contributed by atoms with van der Waals surface area (Å²) in [5.74, 6) is 1.03. The summed E-state index contributed by atoms with van der Waals surface area (Å²) in [7, 11) is 0. The van der Waals surface area contributed by atoms with Crippen LogP contribution in [0.2, 0.25) is 0 Å². The highest BCUT2D eigenvalue weighted by Gasteiger charge is 2.17. The van der Waals surface area contributed by atoms with E-state index in [1.54, 1.807) is 6.26 Å². The molecule has 0 spiro atoms. The van der Waals surface area contributed by atoms with Gasteiger partial charge in [0.15, 0.2) is 4.67 Å². The van der Waals surface area contributed by atoms with E-state index in [1.807, 2.05) is 24.3 Å². The molecule has 0 aliphatic heterocycles. The minimum atomic E-state index is -0.134. The van der Waals surface area contributed by atoms with E-state index in [-0.39, 0.29) is 6.04 Å². The van der Waals surface area contributed by atoms with Crippen LogP contribution in [0.5, 0.6) is 0 Å². The van der Waals surface area contributed by atoms with Gasteiger partial charge in [-0.3, -0.25) is 0 Å². The SMILES string of the molecule is CCCn1c(CC(N)c2ccoc2Br)nc2ccccc21. The number of aryl methyl sites for hydroxylation is 1. The van der Waals surface area contributed by atoms with Crippen LogP contribution in [0.25, 0.3) is 11.0 Å². The van der Waals surface area contributed by atoms with Crippen molar-refractivity contribution in [1.82, 2.24) is 9.55 Å². The predicted molar refractivity (Wildman–Crippen MR) is 87.1 cm³/mol. The van der Waals surface area contributed by atoms with Crippen LogP contribution in [0.15, 0.2) is 45.7 Å². The predicted octanol–water partition coefficient (Wildman–Crippen LogP) is 4.04. The second kappa shape index (κ2) is 6.03. The molecule has 0 bridgehead atoms. The first kappa shape index (κ1) is 14.4. The number of nitrogens with two attached hydrogens (primary N) is 1. The van der Waals surface area contributed by atoms with Crippen LogP contribution >= 0.6 is 15.9 Å². The van der Waals surface area contributed by atoms with Crippen LogP contribution in [0, 0.1) is 0 Å². The van der Waals surface area contributed by atoms with Gasteiger partial charge in [0.2, 0.25) is 0 Å². The molecule has 0 fully saturated rings. The highest BCUT2D eigenvalue weighted by atomic mass is 79.9. The Hall–Kier alpha value is -1.59. The van der Waals surface area contributed by atoms with E-state index in [0.29, 0.717) is 11.1 Å². The van der Waals surface area contributed by atoms with E-state index in [0.717, 1.165) is 29.9 Å². The number of imidazole rings is 1. The maximum atomic E-state index is 6.32. The smallest absolute Gasteiger partial charge is 0.173 e. The van der Waals surface area contributed by atoms with Crippen LogP contribution in [0.1, 0.15) is 30.8 Å². The molecule has 0 radical (unpaired) electrons. The third-order valence-electron chi connectivity index (χ3n) is 3.63. The van der Waals surface area contributed by atoms with Crippen molar-refractivity contribution in [3.05, 3.63) is 52.7 Å². The molecule has 1 unspecified atom stereocenters. The Kier molecular flexibility index (Phi) is 4.12. The van der Waals surface area contributed by atoms with Gasteiger partial charge in [0, 0.05) is 24.6 Å². The highest BCUT2D eigenvalue weighted by Crippen LogP contribution is 2.26. The first-order chi connectivity index (χ1) is 10.2. The molecule has 0 aliphatic rings. The number of halogens is 1. The monoisotopic (exact) mass is 347 g/mol. The average Bonchev–Trinajstić information content (AvgIpc) is 3.04. The molecule has 0 amide bonds. The molecule has 1 atom stereocenters. The molecule has 2 heterocycles. The summed E-state index contributed by atoms with van der Waals surface area (Å²) >= 11 is 3.39. The molecule has 21 heavy (non-hydrogen) atoms. The zero-order valence-electron chi connectivity index (χ0n) is 11.9. The Morgan fingerprint density at radius 1 is 1.33 bits per heavy atom. The van der Waals surface area contributed by atoms with Crippen LogP contribution in [0.4, 0.5) is 0 Å². The van der Waals surface area contributed by atoms with Gasteiger partial charge in [-0.1, -0.05) is 19.1 Å². The third kappa shape index (κ3) is 2.76. The molecular formula is C16H18BrN3O. The third-order valence-corrected chi connectivity index (χ3v) is 4.27. The summed E-state index contributed by atoms with van der Waals surface area (Å²) in [4.78, 5) is 4.75. The molecule has 0 saturated heterocycles. The molecule has 0 aliphatic carbocycles. The molecule has 1 aromatic carbocycles. The van der Waals surface area contributed by atoms with Gasteiger partial charge in [-0.05, 0) is 40.5 Å². The second-order valence-corrected chi connectivity index (χ2v) is 5.85. The molecule has 2 N–H and O–H groups in total. The summed E-state index contributed by atoms with van der Waals surface area (Å²) in [5, 5.41) is 0. The molecule has 3 aromatic rings. The lowest BCUT2D eigenvalue weighted by Gasteiger charge is -2.12. The number of para-hydroxylation sites is 2. The topological polar surface area (TPSA) is 57.0 Å². The van der Waals surface area contributed by atoms with Crippen molar-refractivity contribution in [2.24, 2.45) is 5.73 Å². The van der Waals surface area contributed by atoms with Crippen molar-refractivity contribution in [1.29, 1.82) is 0 Å². The Labute approximate surface area is 132 Å². The lowest BCUT2D eigenvalue weighted by Crippen LogP contribution is -2.16. The van der Waals surface area contributed by atoms with Crippen molar-refractivity contribution in [2.75, 3.05) is 0 Å². The number of aromatic nitrogens is 2. The number of rotatable bonds is 5. The van der Waals surface area contributed by atoms with E-state index in [9.17, 15) is 0 Å². The van der Waals surface area contributed by atoms with Crippen molar-refractivity contribution in [2.45, 2.75) is 32.4 Å². The standard InChI is InChI=1S/C16H18BrN3O/c1-2-8-20-14-6-4-3-5-13(14)19-15(20)10-12(18)11-7-9-21-16(11)17/h3-7,9,12H,2,8,10,18H2,1H3. The molecule has 2 aromatic heterocycles. The summed E-state index contributed by atoms with van der Waals surface area (Å²) in [6.07, 6.45) is 3.40. The Morgan fingerprint density at radius 2 is 2.14 bits per heavy atom. The van der Waals surface area contributed by atoms with Crippen LogP contribution in [-0.4, -0.2) is 9.55 Å². The van der Waals surface area contributed by atoms with Crippen LogP contribution in [-0.2, 0) is 13.0 Å². The molecular weight excluding hydrogens is 330 g/mol. The highest BCUT2D eigenvalue weighted by molar-refractivity contribution is 9.10. The lowest BCUT2D eigenvalue weighted by molar-refractivity contribution is 0.528. The second-order valence-electron chi connectivity index (χ2n) is 5.13. The van der Waals surface area contributed by atoms with Gasteiger partial charge < -0.3 is 14.7 Å². The fraction of sp³-hybridized carbons (Fsp3) is 0.312. The van der Waals surface area contributed by atoms with Crippen molar-refractivity contribution < 1.29 is 4.42 Å². The Bertz CT molecular complexity index is 747. The number of fused-ring (bicyclic) bond motifs is 1. The molecule has 5 heteroatoms. The largest absolute Gasteiger partial charge is 0.457 e. The lowest BCUT2D eigenvalue weighted by atomic mass is 10.1. The van der Waals surface area contributed by atoms with Crippen LogP contribution in [0.3, 0.4) is 0 Å². The fourth-order valence-electron chi connectivity index (χ4n) is 2.63. The van der Waals surface area contributed by atoms with E-state index in [2.05, 4.69) is 33.5 Å². The number of furan rings is 1. The van der Waals surface area contributed by atoms with Gasteiger partial charge in [-0.15, -0.1) is 0 Å².